The van der Waals surface area contributed by atoms with Crippen LogP contribution < -0.4 is 0 Å². The Bertz CT molecular complexity index is 1430. The van der Waals surface area contributed by atoms with Crippen LogP contribution >= 0.6 is 11.8 Å². The van der Waals surface area contributed by atoms with Gasteiger partial charge in [0.15, 0.2) is 0 Å². The minimum absolute atomic E-state index is 0.0324. The van der Waals surface area contributed by atoms with Crippen molar-refractivity contribution in [3.05, 3.63) is 94.9 Å². The van der Waals surface area contributed by atoms with Crippen LogP contribution in [-0.2, 0) is 6.42 Å². The molecule has 5 rings (SSSR count). The van der Waals surface area contributed by atoms with Crippen LogP contribution in [0.25, 0.3) is 22.0 Å². The number of hydrogen-bond donors (Lipinski definition) is 0. The van der Waals surface area contributed by atoms with E-state index in [0.717, 1.165) is 11.0 Å². The number of carbonyl (C=O) groups is 2. The molecule has 8 heteroatoms. The summed E-state index contributed by atoms with van der Waals surface area (Å²) in [6, 6.07) is 13.9. The second-order valence-electron chi connectivity index (χ2n) is 7.84. The van der Waals surface area contributed by atoms with Gasteiger partial charge in [0.2, 0.25) is 0 Å². The van der Waals surface area contributed by atoms with Crippen LogP contribution in [0.1, 0.15) is 26.4 Å². The number of rotatable bonds is 5. The van der Waals surface area contributed by atoms with E-state index in [2.05, 4.69) is 4.98 Å². The number of benzene rings is 3. The lowest BCUT2D eigenvalue weighted by molar-refractivity contribution is 0.0656. The van der Waals surface area contributed by atoms with Gasteiger partial charge in [0, 0.05) is 34.9 Å². The summed E-state index contributed by atoms with van der Waals surface area (Å²) in [6.45, 7) is 0.0324. The van der Waals surface area contributed by atoms with Gasteiger partial charge in [0.25, 0.3) is 11.8 Å². The van der Waals surface area contributed by atoms with Crippen molar-refractivity contribution in [1.29, 1.82) is 0 Å². The predicted molar refractivity (Wildman–Crippen MR) is 124 cm³/mol. The first-order valence-corrected chi connectivity index (χ1v) is 11.7. The molecule has 170 valence electrons. The summed E-state index contributed by atoms with van der Waals surface area (Å²) >= 11 is 1.30. The number of carbonyl (C=O) groups excluding carboxylic acids is 2. The molecular weight excluding hydrogens is 461 g/mol. The molecule has 3 aromatic carbocycles. The van der Waals surface area contributed by atoms with E-state index >= 15 is 0 Å². The molecule has 0 atom stereocenters. The van der Waals surface area contributed by atoms with Crippen molar-refractivity contribution < 1.29 is 22.8 Å². The van der Waals surface area contributed by atoms with Gasteiger partial charge in [-0.15, -0.1) is 11.8 Å². The number of fused-ring (bicyclic) bond motifs is 2. The lowest BCUT2D eigenvalue weighted by atomic mass is 9.99. The molecule has 4 nitrogen and oxygen atoms in total. The summed E-state index contributed by atoms with van der Waals surface area (Å²) < 4.78 is 42.3. The number of halogens is 3. The van der Waals surface area contributed by atoms with Crippen LogP contribution in [0.5, 0.6) is 0 Å². The Hall–Kier alpha value is -3.65. The summed E-state index contributed by atoms with van der Waals surface area (Å²) in [7, 11) is 0. The predicted octanol–water partition coefficient (Wildman–Crippen LogP) is 5.88. The molecule has 0 saturated carbocycles. The maximum absolute atomic E-state index is 14.1. The van der Waals surface area contributed by atoms with Crippen LogP contribution in [0.3, 0.4) is 0 Å². The molecule has 0 bridgehead atoms. The summed E-state index contributed by atoms with van der Waals surface area (Å²) in [6.07, 6.45) is 1.94. The van der Waals surface area contributed by atoms with Crippen molar-refractivity contribution in [2.75, 3.05) is 12.8 Å². The fourth-order valence-corrected chi connectivity index (χ4v) is 5.13. The number of thioether (sulfide) groups is 1. The van der Waals surface area contributed by atoms with Gasteiger partial charge >= 0.3 is 0 Å². The van der Waals surface area contributed by atoms with Crippen molar-refractivity contribution in [3.8, 4) is 11.1 Å². The van der Waals surface area contributed by atoms with E-state index in [1.807, 2.05) is 0 Å². The van der Waals surface area contributed by atoms with Gasteiger partial charge in [-0.25, -0.2) is 13.2 Å². The number of pyridine rings is 1. The average Bonchev–Trinajstić information content (AvgIpc) is 3.06. The van der Waals surface area contributed by atoms with Crippen LogP contribution in [0.15, 0.2) is 65.6 Å². The first-order valence-electron chi connectivity index (χ1n) is 10.4. The van der Waals surface area contributed by atoms with Crippen LogP contribution in [-0.4, -0.2) is 34.5 Å². The van der Waals surface area contributed by atoms with E-state index < -0.39 is 29.3 Å². The fourth-order valence-electron chi connectivity index (χ4n) is 4.30. The molecule has 0 radical (unpaired) electrons. The molecule has 0 unspecified atom stereocenters. The van der Waals surface area contributed by atoms with Crippen LogP contribution in [0.4, 0.5) is 13.2 Å². The maximum atomic E-state index is 14.1. The smallest absolute Gasteiger partial charge is 0.261 e. The normalized spacial score (nSPS) is 13.1. The molecule has 0 saturated heterocycles. The highest BCUT2D eigenvalue weighted by molar-refractivity contribution is 7.99. The molecule has 0 aliphatic carbocycles. The molecule has 0 spiro atoms. The molecule has 1 aromatic heterocycles. The molecule has 2 heterocycles. The molecule has 1 aliphatic rings. The number of aromatic nitrogens is 1. The molecule has 34 heavy (non-hydrogen) atoms. The van der Waals surface area contributed by atoms with Crippen molar-refractivity contribution in [2.24, 2.45) is 0 Å². The highest BCUT2D eigenvalue weighted by atomic mass is 32.2. The van der Waals surface area contributed by atoms with Crippen molar-refractivity contribution in [3.63, 3.8) is 0 Å². The Morgan fingerprint density at radius 2 is 1.50 bits per heavy atom. The second kappa shape index (κ2) is 8.61. The summed E-state index contributed by atoms with van der Waals surface area (Å²) in [5.41, 5.74) is 2.32. The van der Waals surface area contributed by atoms with E-state index in [1.54, 1.807) is 30.5 Å². The molecular formula is C26H17F3N2O2S. The van der Waals surface area contributed by atoms with Crippen molar-refractivity contribution in [1.82, 2.24) is 9.88 Å². The summed E-state index contributed by atoms with van der Waals surface area (Å²) in [5.74, 6) is -2.76. The molecule has 0 N–H and O–H groups in total. The number of nitrogens with zero attached hydrogens (tertiary/aromatic N) is 2. The number of imide groups is 1. The topological polar surface area (TPSA) is 50.3 Å². The van der Waals surface area contributed by atoms with Gasteiger partial charge in [-0.05, 0) is 54.3 Å². The Morgan fingerprint density at radius 3 is 2.12 bits per heavy atom. The monoisotopic (exact) mass is 478 g/mol. The van der Waals surface area contributed by atoms with E-state index in [9.17, 15) is 22.8 Å². The van der Waals surface area contributed by atoms with E-state index in [4.69, 9.17) is 0 Å². The van der Waals surface area contributed by atoms with Crippen molar-refractivity contribution in [2.45, 2.75) is 11.3 Å². The van der Waals surface area contributed by atoms with Gasteiger partial charge in [-0.1, -0.05) is 12.1 Å². The lowest BCUT2D eigenvalue weighted by Gasteiger charge is -2.19. The quantitative estimate of drug-likeness (QED) is 0.266. The summed E-state index contributed by atoms with van der Waals surface area (Å²) in [5, 5.41) is 0.511. The third-order valence-electron chi connectivity index (χ3n) is 5.78. The third-order valence-corrected chi connectivity index (χ3v) is 6.61. The highest BCUT2D eigenvalue weighted by Gasteiger charge is 2.35. The zero-order valence-electron chi connectivity index (χ0n) is 17.9. The number of hydrogen-bond acceptors (Lipinski definition) is 4. The Morgan fingerprint density at radius 1 is 0.853 bits per heavy atom. The molecule has 1 aliphatic heterocycles. The van der Waals surface area contributed by atoms with E-state index in [1.165, 1.54) is 42.1 Å². The van der Waals surface area contributed by atoms with E-state index in [-0.39, 0.29) is 18.5 Å². The summed E-state index contributed by atoms with van der Waals surface area (Å²) in [4.78, 5) is 32.0. The van der Waals surface area contributed by atoms with Crippen LogP contribution in [0.2, 0.25) is 0 Å². The van der Waals surface area contributed by atoms with Gasteiger partial charge in [0.05, 0.1) is 22.3 Å². The molecule has 4 aromatic rings. The SMILES string of the molecule is CSc1c(-c2cc(F)cc(F)c2)c(CCN2C(=O)c3ccccc3C2=O)nc2ccc(F)cc12. The second-order valence-corrected chi connectivity index (χ2v) is 8.66. The van der Waals surface area contributed by atoms with E-state index in [0.29, 0.717) is 38.2 Å². The average molecular weight is 478 g/mol. The Labute approximate surface area is 197 Å². The lowest BCUT2D eigenvalue weighted by Crippen LogP contribution is -2.32. The van der Waals surface area contributed by atoms with Gasteiger partial charge in [0.1, 0.15) is 17.5 Å². The zero-order chi connectivity index (χ0) is 24.0. The largest absolute Gasteiger partial charge is 0.274 e. The molecule has 0 fully saturated rings. The minimum atomic E-state index is -0.757. The fraction of sp³-hybridized carbons (Fsp3) is 0.115. The number of amides is 2. The van der Waals surface area contributed by atoms with Gasteiger partial charge in [-0.3, -0.25) is 19.5 Å². The maximum Gasteiger partial charge on any atom is 0.261 e. The zero-order valence-corrected chi connectivity index (χ0v) is 18.8. The minimum Gasteiger partial charge on any atom is -0.274 e. The molecule has 2 amide bonds. The third kappa shape index (κ3) is 3.74. The standard InChI is InChI=1S/C26H17F3N2O2S/c1-34-24-20-13-15(27)6-7-21(20)30-22(23(24)14-10-16(28)12-17(29)11-14)8-9-31-25(32)18-4-2-3-5-19(18)26(31)33/h2-7,10-13H,8-9H2,1H3. The van der Waals surface area contributed by atoms with Crippen LogP contribution in [0, 0.1) is 17.5 Å². The van der Waals surface area contributed by atoms with Gasteiger partial charge in [-0.2, -0.15) is 0 Å². The van der Waals surface area contributed by atoms with Crippen molar-refractivity contribution >= 4 is 34.5 Å². The van der Waals surface area contributed by atoms with Gasteiger partial charge < -0.3 is 0 Å². The first kappa shape index (κ1) is 22.2. The first-order chi connectivity index (χ1) is 16.4. The Kier molecular flexibility index (Phi) is 5.61. The highest BCUT2D eigenvalue weighted by Crippen LogP contribution is 2.39. The Balaban J connectivity index is 1.62.